The molecule has 1 rings (SSSR count). The second kappa shape index (κ2) is 4.16. The van der Waals surface area contributed by atoms with Crippen molar-refractivity contribution in [3.63, 3.8) is 0 Å². The van der Waals surface area contributed by atoms with E-state index in [1.165, 1.54) is 6.92 Å². The van der Waals surface area contributed by atoms with Crippen LogP contribution in [0.3, 0.4) is 0 Å². The predicted octanol–water partition coefficient (Wildman–Crippen LogP) is 1.94. The van der Waals surface area contributed by atoms with Crippen molar-refractivity contribution in [3.05, 3.63) is 0 Å². The molecule has 13 heavy (non-hydrogen) atoms. The average molecular weight is 180 g/mol. The normalized spacial score (nSPS) is 39.0. The number of ether oxygens (including phenoxy) is 1. The molecule has 0 saturated heterocycles. The van der Waals surface area contributed by atoms with Gasteiger partial charge in [-0.25, -0.2) is 0 Å². The summed E-state index contributed by atoms with van der Waals surface area (Å²) in [5, 5.41) is 0. The Kier molecular flexibility index (Phi) is 3.40. The summed E-state index contributed by atoms with van der Waals surface area (Å²) in [6, 6.07) is 0. The Morgan fingerprint density at radius 3 is 2.62 bits per heavy atom. The third-order valence-corrected chi connectivity index (χ3v) is 3.09. The number of carbonyl (C=O) groups excluding carboxylic acids is 1. The van der Waals surface area contributed by atoms with E-state index in [1.807, 2.05) is 0 Å². The van der Waals surface area contributed by atoms with Crippen molar-refractivity contribution in [1.82, 2.24) is 0 Å². The van der Waals surface area contributed by atoms with E-state index in [0.717, 1.165) is 12.8 Å². The minimum atomic E-state index is -0.218. The Morgan fingerprint density at radius 1 is 1.62 bits per heavy atom. The highest BCUT2D eigenvalue weighted by atomic mass is 16.5. The van der Waals surface area contributed by atoms with Gasteiger partial charge in [0.15, 0.2) is 0 Å². The number of hydrogen-bond acceptors (Lipinski definition) is 2. The van der Waals surface area contributed by atoms with Gasteiger partial charge in [0.05, 0.1) is 14.0 Å². The van der Waals surface area contributed by atoms with Crippen molar-refractivity contribution >= 4 is 13.8 Å². The monoisotopic (exact) mass is 180 g/mol. The molecule has 0 heterocycles. The first kappa shape index (κ1) is 10.6. The lowest BCUT2D eigenvalue weighted by Crippen LogP contribution is -2.24. The maximum absolute atomic E-state index is 10.8. The average Bonchev–Trinajstić information content (AvgIpc) is 2.31. The van der Waals surface area contributed by atoms with Gasteiger partial charge in [0, 0.05) is 6.92 Å². The van der Waals surface area contributed by atoms with Crippen molar-refractivity contribution in [3.8, 4) is 0 Å². The summed E-state index contributed by atoms with van der Waals surface area (Å²) in [4.78, 5) is 10.8. The molecule has 1 aliphatic rings. The number of hydrogen-bond donors (Lipinski definition) is 0. The van der Waals surface area contributed by atoms with Crippen molar-refractivity contribution in [2.75, 3.05) is 0 Å². The van der Waals surface area contributed by atoms with Crippen LogP contribution in [0.25, 0.3) is 0 Å². The molecule has 0 aromatic rings. The van der Waals surface area contributed by atoms with Crippen LogP contribution in [0.1, 0.15) is 33.6 Å². The summed E-state index contributed by atoms with van der Waals surface area (Å²) < 4.78 is 5.20. The van der Waals surface area contributed by atoms with E-state index in [9.17, 15) is 4.79 Å². The second-order valence-electron chi connectivity index (χ2n) is 4.00. The van der Waals surface area contributed by atoms with Gasteiger partial charge in [-0.1, -0.05) is 26.7 Å². The summed E-state index contributed by atoms with van der Waals surface area (Å²) in [5.74, 6) is 0.830. The van der Waals surface area contributed by atoms with Crippen molar-refractivity contribution in [1.29, 1.82) is 0 Å². The summed E-state index contributed by atoms with van der Waals surface area (Å²) in [6.45, 7) is 5.72. The molecule has 0 aliphatic heterocycles. The van der Waals surface area contributed by atoms with Crippen LogP contribution in [0.15, 0.2) is 0 Å². The zero-order valence-corrected chi connectivity index (χ0v) is 8.62. The molecule has 2 radical (unpaired) electrons. The molecule has 0 spiro atoms. The highest BCUT2D eigenvalue weighted by Crippen LogP contribution is 2.41. The fourth-order valence-corrected chi connectivity index (χ4v) is 2.28. The van der Waals surface area contributed by atoms with Crippen molar-refractivity contribution in [2.24, 2.45) is 11.8 Å². The van der Waals surface area contributed by atoms with Crippen LogP contribution < -0.4 is 0 Å². The van der Waals surface area contributed by atoms with E-state index in [1.54, 1.807) is 0 Å². The Balaban J connectivity index is 2.58. The fraction of sp³-hybridized carbons (Fsp3) is 0.900. The molecule has 0 aromatic carbocycles. The number of rotatable bonds is 2. The third kappa shape index (κ3) is 2.26. The Bertz CT molecular complexity index is 193. The molecular weight excluding hydrogens is 163 g/mol. The molecule has 0 amide bonds. The van der Waals surface area contributed by atoms with E-state index in [-0.39, 0.29) is 17.9 Å². The number of carbonyl (C=O) groups is 1. The molecule has 0 aromatic heterocycles. The summed E-state index contributed by atoms with van der Waals surface area (Å²) in [5.41, 5.74) is 0. The fourth-order valence-electron chi connectivity index (χ4n) is 2.28. The van der Waals surface area contributed by atoms with Crippen LogP contribution in [0.4, 0.5) is 0 Å². The van der Waals surface area contributed by atoms with E-state index in [4.69, 9.17) is 12.6 Å². The Hall–Kier alpha value is -0.465. The predicted molar refractivity (Wildman–Crippen MR) is 52.6 cm³/mol. The molecule has 1 fully saturated rings. The first-order chi connectivity index (χ1) is 6.06. The molecule has 1 saturated carbocycles. The first-order valence-corrected chi connectivity index (χ1v) is 4.99. The minimum Gasteiger partial charge on any atom is -0.463 e. The van der Waals surface area contributed by atoms with Crippen LogP contribution >= 0.6 is 0 Å². The second-order valence-corrected chi connectivity index (χ2v) is 4.00. The third-order valence-electron chi connectivity index (χ3n) is 3.09. The smallest absolute Gasteiger partial charge is 0.302 e. The van der Waals surface area contributed by atoms with Gasteiger partial charge in [-0.2, -0.15) is 0 Å². The lowest BCUT2D eigenvalue weighted by molar-refractivity contribution is -0.148. The lowest BCUT2D eigenvalue weighted by atomic mass is 9.83. The minimum absolute atomic E-state index is 0.0313. The molecule has 3 heteroatoms. The van der Waals surface area contributed by atoms with Gasteiger partial charge in [-0.3, -0.25) is 4.79 Å². The topological polar surface area (TPSA) is 26.3 Å². The van der Waals surface area contributed by atoms with E-state index in [0.29, 0.717) is 11.8 Å². The van der Waals surface area contributed by atoms with Crippen LogP contribution in [0, 0.1) is 11.8 Å². The molecule has 4 unspecified atom stereocenters. The standard InChI is InChI=1S/C10H17BO2/c1-4-8-5-9(11)10(6(8)2)13-7(3)12/h6,8-10H,4-5H2,1-3H3. The maximum Gasteiger partial charge on any atom is 0.302 e. The van der Waals surface area contributed by atoms with E-state index >= 15 is 0 Å². The van der Waals surface area contributed by atoms with Gasteiger partial charge < -0.3 is 4.74 Å². The maximum atomic E-state index is 10.8. The van der Waals surface area contributed by atoms with Gasteiger partial charge in [-0.15, -0.1) is 0 Å². The van der Waals surface area contributed by atoms with E-state index < -0.39 is 0 Å². The van der Waals surface area contributed by atoms with Gasteiger partial charge in [0.25, 0.3) is 0 Å². The molecular formula is C10H17BO2. The van der Waals surface area contributed by atoms with Crippen LogP contribution in [-0.2, 0) is 9.53 Å². The molecule has 4 atom stereocenters. The van der Waals surface area contributed by atoms with E-state index in [2.05, 4.69) is 13.8 Å². The van der Waals surface area contributed by atoms with Gasteiger partial charge in [0.1, 0.15) is 0 Å². The molecule has 72 valence electrons. The highest BCUT2D eigenvalue weighted by Gasteiger charge is 2.38. The van der Waals surface area contributed by atoms with Crippen molar-refractivity contribution < 1.29 is 9.53 Å². The van der Waals surface area contributed by atoms with Gasteiger partial charge in [-0.05, 0) is 17.7 Å². The summed E-state index contributed by atoms with van der Waals surface area (Å²) in [7, 11) is 5.91. The van der Waals surface area contributed by atoms with Crippen LogP contribution in [0.5, 0.6) is 0 Å². The van der Waals surface area contributed by atoms with Gasteiger partial charge in [0.2, 0.25) is 0 Å². The number of esters is 1. The van der Waals surface area contributed by atoms with Crippen molar-refractivity contribution in [2.45, 2.75) is 45.5 Å². The SMILES string of the molecule is [B]C1CC(CC)C(C)C1OC(C)=O. The highest BCUT2D eigenvalue weighted by molar-refractivity contribution is 6.12. The molecule has 1 aliphatic carbocycles. The summed E-state index contributed by atoms with van der Waals surface area (Å²) >= 11 is 0. The van der Waals surface area contributed by atoms with Crippen LogP contribution in [-0.4, -0.2) is 19.9 Å². The molecule has 0 bridgehead atoms. The van der Waals surface area contributed by atoms with Crippen LogP contribution in [0.2, 0.25) is 5.82 Å². The Labute approximate surface area is 81.4 Å². The quantitative estimate of drug-likeness (QED) is 0.479. The lowest BCUT2D eigenvalue weighted by Gasteiger charge is -2.21. The molecule has 2 nitrogen and oxygen atoms in total. The molecule has 0 N–H and O–H groups in total. The zero-order valence-electron chi connectivity index (χ0n) is 8.62. The summed E-state index contributed by atoms with van der Waals surface area (Å²) in [6.07, 6.45) is 2.03. The Morgan fingerprint density at radius 2 is 2.23 bits per heavy atom. The first-order valence-electron chi connectivity index (χ1n) is 4.99. The van der Waals surface area contributed by atoms with Gasteiger partial charge >= 0.3 is 5.97 Å². The largest absolute Gasteiger partial charge is 0.463 e. The zero-order chi connectivity index (χ0) is 10.0.